The molecule has 0 aliphatic carbocycles. The van der Waals surface area contributed by atoms with E-state index in [0.717, 1.165) is 5.56 Å². The van der Waals surface area contributed by atoms with Gasteiger partial charge in [0.25, 0.3) is 0 Å². The van der Waals surface area contributed by atoms with E-state index in [9.17, 15) is 4.79 Å². The quantitative estimate of drug-likeness (QED) is 0.792. The lowest BCUT2D eigenvalue weighted by molar-refractivity contribution is 0.0993. The predicted octanol–water partition coefficient (Wildman–Crippen LogP) is 2.09. The van der Waals surface area contributed by atoms with Gasteiger partial charge in [0.2, 0.25) is 0 Å². The summed E-state index contributed by atoms with van der Waals surface area (Å²) in [5, 5.41) is 0. The van der Waals surface area contributed by atoms with Crippen molar-refractivity contribution in [2.45, 2.75) is 6.42 Å². The Balaban J connectivity index is 2.19. The Morgan fingerprint density at radius 3 is 2.62 bits per heavy atom. The summed E-state index contributed by atoms with van der Waals surface area (Å²) in [5.41, 5.74) is 7.67. The maximum Gasteiger partial charge on any atom is 0.170 e. The number of benzene rings is 1. The molecular formula is C13H12N2O. The highest BCUT2D eigenvalue weighted by Gasteiger charge is 2.09. The number of anilines is 1. The number of rotatable bonds is 3. The molecule has 16 heavy (non-hydrogen) atoms. The summed E-state index contributed by atoms with van der Waals surface area (Å²) >= 11 is 0. The molecule has 2 rings (SSSR count). The average molecular weight is 212 g/mol. The van der Waals surface area contributed by atoms with Crippen molar-refractivity contribution in [2.75, 3.05) is 5.73 Å². The number of Topliss-reactive ketones (excluding diaryl/α,β-unsaturated/α-hetero) is 1. The van der Waals surface area contributed by atoms with Crippen LogP contribution >= 0.6 is 0 Å². The van der Waals surface area contributed by atoms with Gasteiger partial charge in [-0.25, -0.2) is 0 Å². The van der Waals surface area contributed by atoms with Crippen LogP contribution in [0.15, 0.2) is 48.8 Å². The number of carbonyl (C=O) groups excluding carboxylic acids is 1. The summed E-state index contributed by atoms with van der Waals surface area (Å²) in [5.74, 6) is -0.00296. The number of hydrogen-bond acceptors (Lipinski definition) is 3. The average Bonchev–Trinajstić information content (AvgIpc) is 2.31. The van der Waals surface area contributed by atoms with Gasteiger partial charge in [-0.3, -0.25) is 9.78 Å². The summed E-state index contributed by atoms with van der Waals surface area (Å²) in [7, 11) is 0. The smallest absolute Gasteiger partial charge is 0.170 e. The molecule has 3 heteroatoms. The minimum Gasteiger partial charge on any atom is -0.398 e. The first-order valence-electron chi connectivity index (χ1n) is 5.04. The zero-order valence-electron chi connectivity index (χ0n) is 8.76. The largest absolute Gasteiger partial charge is 0.398 e. The van der Waals surface area contributed by atoms with Gasteiger partial charge in [-0.1, -0.05) is 30.3 Å². The van der Waals surface area contributed by atoms with Crippen molar-refractivity contribution < 1.29 is 4.79 Å². The lowest BCUT2D eigenvalue weighted by Gasteiger charge is -2.03. The number of nitrogens with two attached hydrogens (primary N) is 1. The highest BCUT2D eigenvalue weighted by molar-refractivity contribution is 6.01. The molecule has 0 radical (unpaired) electrons. The molecule has 0 aliphatic rings. The fourth-order valence-electron chi connectivity index (χ4n) is 1.51. The molecule has 1 aromatic carbocycles. The lowest BCUT2D eigenvalue weighted by Crippen LogP contribution is -2.07. The molecule has 0 spiro atoms. The van der Waals surface area contributed by atoms with Crippen LogP contribution < -0.4 is 5.73 Å². The zero-order valence-corrected chi connectivity index (χ0v) is 8.76. The molecule has 0 bridgehead atoms. The second kappa shape index (κ2) is 4.57. The fraction of sp³-hybridized carbons (Fsp3) is 0.0769. The summed E-state index contributed by atoms with van der Waals surface area (Å²) in [6.07, 6.45) is 3.45. The monoisotopic (exact) mass is 212 g/mol. The third-order valence-corrected chi connectivity index (χ3v) is 2.36. The first kappa shape index (κ1) is 10.4. The Bertz CT molecular complexity index is 494. The highest BCUT2D eigenvalue weighted by Crippen LogP contribution is 2.12. The van der Waals surface area contributed by atoms with Crippen molar-refractivity contribution in [1.29, 1.82) is 0 Å². The molecule has 0 unspecified atom stereocenters. The Morgan fingerprint density at radius 1 is 1.19 bits per heavy atom. The van der Waals surface area contributed by atoms with Crippen LogP contribution in [0.2, 0.25) is 0 Å². The van der Waals surface area contributed by atoms with Crippen LogP contribution in [0.3, 0.4) is 0 Å². The first-order chi connectivity index (χ1) is 7.77. The van der Waals surface area contributed by atoms with Gasteiger partial charge in [0.15, 0.2) is 5.78 Å². The number of hydrogen-bond donors (Lipinski definition) is 1. The van der Waals surface area contributed by atoms with Gasteiger partial charge in [0.05, 0.1) is 5.56 Å². The lowest BCUT2D eigenvalue weighted by atomic mass is 10.0. The van der Waals surface area contributed by atoms with E-state index >= 15 is 0 Å². The van der Waals surface area contributed by atoms with E-state index < -0.39 is 0 Å². The van der Waals surface area contributed by atoms with Gasteiger partial charge >= 0.3 is 0 Å². The van der Waals surface area contributed by atoms with E-state index in [4.69, 9.17) is 5.73 Å². The minimum atomic E-state index is -0.00296. The van der Waals surface area contributed by atoms with Crippen LogP contribution in [0, 0.1) is 0 Å². The van der Waals surface area contributed by atoms with Gasteiger partial charge < -0.3 is 5.73 Å². The molecule has 0 fully saturated rings. The van der Waals surface area contributed by atoms with Crippen molar-refractivity contribution in [3.63, 3.8) is 0 Å². The van der Waals surface area contributed by atoms with Crippen LogP contribution in [0.4, 0.5) is 5.69 Å². The zero-order chi connectivity index (χ0) is 11.4. The maximum atomic E-state index is 11.9. The third kappa shape index (κ3) is 2.25. The molecule has 80 valence electrons. The van der Waals surface area contributed by atoms with E-state index in [0.29, 0.717) is 17.7 Å². The summed E-state index contributed by atoms with van der Waals surface area (Å²) in [4.78, 5) is 15.8. The van der Waals surface area contributed by atoms with Crippen LogP contribution in [0.25, 0.3) is 0 Å². The SMILES string of the molecule is Nc1ccncc1C(=O)Cc1ccccc1. The summed E-state index contributed by atoms with van der Waals surface area (Å²) in [6.45, 7) is 0. The second-order valence-corrected chi connectivity index (χ2v) is 3.55. The fourth-order valence-corrected chi connectivity index (χ4v) is 1.51. The standard InChI is InChI=1S/C13H12N2O/c14-12-6-7-15-9-11(12)13(16)8-10-4-2-1-3-5-10/h1-7,9H,8H2,(H2,14,15). The van der Waals surface area contributed by atoms with E-state index in [1.165, 1.54) is 6.20 Å². The number of nitrogen functional groups attached to an aromatic ring is 1. The van der Waals surface area contributed by atoms with Gasteiger partial charge in [0, 0.05) is 24.5 Å². The molecule has 1 aromatic heterocycles. The third-order valence-electron chi connectivity index (χ3n) is 2.36. The molecule has 2 N–H and O–H groups in total. The normalized spacial score (nSPS) is 10.0. The van der Waals surface area contributed by atoms with Crippen LogP contribution in [-0.2, 0) is 6.42 Å². The Kier molecular flexibility index (Phi) is 2.96. The van der Waals surface area contributed by atoms with Crippen LogP contribution in [0.1, 0.15) is 15.9 Å². The highest BCUT2D eigenvalue weighted by atomic mass is 16.1. The van der Waals surface area contributed by atoms with Crippen molar-refractivity contribution in [3.05, 3.63) is 59.9 Å². The molecule has 0 atom stereocenters. The van der Waals surface area contributed by atoms with E-state index in [2.05, 4.69) is 4.98 Å². The first-order valence-corrected chi connectivity index (χ1v) is 5.04. The topological polar surface area (TPSA) is 56.0 Å². The van der Waals surface area contributed by atoms with E-state index in [-0.39, 0.29) is 5.78 Å². The number of pyridine rings is 1. The van der Waals surface area contributed by atoms with Gasteiger partial charge in [0.1, 0.15) is 0 Å². The van der Waals surface area contributed by atoms with E-state index in [1.807, 2.05) is 30.3 Å². The molecule has 2 aromatic rings. The molecule has 0 amide bonds. The second-order valence-electron chi connectivity index (χ2n) is 3.55. The van der Waals surface area contributed by atoms with Crippen LogP contribution in [-0.4, -0.2) is 10.8 Å². The number of ketones is 1. The van der Waals surface area contributed by atoms with E-state index in [1.54, 1.807) is 12.3 Å². The van der Waals surface area contributed by atoms with Crippen molar-refractivity contribution in [3.8, 4) is 0 Å². The van der Waals surface area contributed by atoms with Crippen molar-refractivity contribution in [2.24, 2.45) is 0 Å². The number of carbonyl (C=O) groups is 1. The Hall–Kier alpha value is -2.16. The predicted molar refractivity (Wildman–Crippen MR) is 63.1 cm³/mol. The molecular weight excluding hydrogens is 200 g/mol. The summed E-state index contributed by atoms with van der Waals surface area (Å²) in [6, 6.07) is 11.2. The van der Waals surface area contributed by atoms with Gasteiger partial charge in [-0.2, -0.15) is 0 Å². The van der Waals surface area contributed by atoms with Crippen LogP contribution in [0.5, 0.6) is 0 Å². The van der Waals surface area contributed by atoms with Crippen molar-refractivity contribution >= 4 is 11.5 Å². The number of nitrogens with zero attached hydrogens (tertiary/aromatic N) is 1. The summed E-state index contributed by atoms with van der Waals surface area (Å²) < 4.78 is 0. The van der Waals surface area contributed by atoms with Gasteiger partial charge in [-0.15, -0.1) is 0 Å². The molecule has 1 heterocycles. The minimum absolute atomic E-state index is 0.00296. The Labute approximate surface area is 93.9 Å². The van der Waals surface area contributed by atoms with Crippen molar-refractivity contribution in [1.82, 2.24) is 4.98 Å². The molecule has 0 aliphatic heterocycles. The molecule has 0 saturated carbocycles. The molecule has 3 nitrogen and oxygen atoms in total. The number of aromatic nitrogens is 1. The maximum absolute atomic E-state index is 11.9. The Morgan fingerprint density at radius 2 is 1.94 bits per heavy atom. The molecule has 0 saturated heterocycles. The van der Waals surface area contributed by atoms with Gasteiger partial charge in [-0.05, 0) is 11.6 Å².